The number of hydrogen-bond donors (Lipinski definition) is 2. The van der Waals surface area contributed by atoms with E-state index in [2.05, 4.69) is 10.6 Å². The van der Waals surface area contributed by atoms with Gasteiger partial charge in [0.05, 0.1) is 6.61 Å². The Balaban J connectivity index is 1.61. The molecule has 0 spiro atoms. The van der Waals surface area contributed by atoms with Crippen molar-refractivity contribution >= 4 is 11.7 Å². The van der Waals surface area contributed by atoms with Gasteiger partial charge in [0, 0.05) is 12.2 Å². The van der Waals surface area contributed by atoms with Gasteiger partial charge in [-0.1, -0.05) is 35.4 Å². The van der Waals surface area contributed by atoms with E-state index in [-0.39, 0.29) is 6.03 Å². The lowest BCUT2D eigenvalue weighted by molar-refractivity contribution is 0.250. The van der Waals surface area contributed by atoms with Crippen molar-refractivity contribution < 1.29 is 9.53 Å². The van der Waals surface area contributed by atoms with E-state index in [1.54, 1.807) is 0 Å². The van der Waals surface area contributed by atoms with Crippen LogP contribution in [0, 0.1) is 13.8 Å². The summed E-state index contributed by atoms with van der Waals surface area (Å²) in [5, 5.41) is 5.60. The smallest absolute Gasteiger partial charge is 0.319 e. The molecule has 0 bridgehead atoms. The molecular weight excluding hydrogens is 276 g/mol. The molecule has 2 aromatic rings. The highest BCUT2D eigenvalue weighted by molar-refractivity contribution is 5.89. The molecule has 0 aliphatic heterocycles. The highest BCUT2D eigenvalue weighted by atomic mass is 16.5. The molecule has 0 aliphatic rings. The molecule has 22 heavy (non-hydrogen) atoms. The third kappa shape index (κ3) is 5.48. The summed E-state index contributed by atoms with van der Waals surface area (Å²) in [7, 11) is 0. The fourth-order valence-corrected chi connectivity index (χ4v) is 1.91. The van der Waals surface area contributed by atoms with Crippen LogP contribution in [-0.2, 0) is 0 Å². The van der Waals surface area contributed by atoms with Crippen molar-refractivity contribution in [3.8, 4) is 5.75 Å². The average Bonchev–Trinajstić information content (AvgIpc) is 2.51. The second-order valence-corrected chi connectivity index (χ2v) is 5.26. The van der Waals surface area contributed by atoms with Crippen molar-refractivity contribution in [2.75, 3.05) is 18.5 Å². The van der Waals surface area contributed by atoms with Crippen LogP contribution in [-0.4, -0.2) is 19.2 Å². The van der Waals surface area contributed by atoms with Crippen LogP contribution < -0.4 is 15.4 Å². The zero-order chi connectivity index (χ0) is 15.8. The maximum absolute atomic E-state index is 11.7. The summed E-state index contributed by atoms with van der Waals surface area (Å²) in [4.78, 5) is 11.7. The Labute approximate surface area is 131 Å². The summed E-state index contributed by atoms with van der Waals surface area (Å²) >= 11 is 0. The molecular formula is C18H22N2O2. The van der Waals surface area contributed by atoms with Gasteiger partial charge in [0.1, 0.15) is 5.75 Å². The molecule has 0 fully saturated rings. The summed E-state index contributed by atoms with van der Waals surface area (Å²) < 4.78 is 5.60. The van der Waals surface area contributed by atoms with E-state index < -0.39 is 0 Å². The molecule has 2 N–H and O–H groups in total. The number of rotatable bonds is 6. The number of benzene rings is 2. The number of amides is 2. The first-order chi connectivity index (χ1) is 10.6. The van der Waals surface area contributed by atoms with E-state index in [0.717, 1.165) is 17.9 Å². The lowest BCUT2D eigenvalue weighted by atomic mass is 10.2. The highest BCUT2D eigenvalue weighted by Crippen LogP contribution is 2.11. The second-order valence-electron chi connectivity index (χ2n) is 5.26. The van der Waals surface area contributed by atoms with Gasteiger partial charge in [-0.05, 0) is 44.5 Å². The maximum atomic E-state index is 11.7. The van der Waals surface area contributed by atoms with Gasteiger partial charge >= 0.3 is 6.03 Å². The minimum Gasteiger partial charge on any atom is -0.494 e. The molecule has 0 saturated carbocycles. The van der Waals surface area contributed by atoms with Gasteiger partial charge in [-0.3, -0.25) is 0 Å². The molecule has 0 radical (unpaired) electrons. The normalized spacial score (nSPS) is 10.1. The van der Waals surface area contributed by atoms with Crippen LogP contribution in [0.1, 0.15) is 17.5 Å². The zero-order valence-corrected chi connectivity index (χ0v) is 13.1. The first-order valence-electron chi connectivity index (χ1n) is 7.44. The Morgan fingerprint density at radius 2 is 1.55 bits per heavy atom. The van der Waals surface area contributed by atoms with Crippen LogP contribution in [0.4, 0.5) is 10.5 Å². The van der Waals surface area contributed by atoms with Gasteiger partial charge in [-0.15, -0.1) is 0 Å². The van der Waals surface area contributed by atoms with E-state index in [4.69, 9.17) is 4.74 Å². The van der Waals surface area contributed by atoms with Gasteiger partial charge in [-0.25, -0.2) is 4.79 Å². The predicted octanol–water partition coefficient (Wildman–Crippen LogP) is 3.89. The molecule has 0 unspecified atom stereocenters. The minimum absolute atomic E-state index is 0.195. The number of anilines is 1. The van der Waals surface area contributed by atoms with E-state index >= 15 is 0 Å². The van der Waals surface area contributed by atoms with E-state index in [1.165, 1.54) is 11.1 Å². The summed E-state index contributed by atoms with van der Waals surface area (Å²) in [6.45, 7) is 5.20. The molecule has 0 saturated heterocycles. The number of hydrogen-bond acceptors (Lipinski definition) is 2. The summed E-state index contributed by atoms with van der Waals surface area (Å²) in [6, 6.07) is 15.4. The van der Waals surface area contributed by atoms with Crippen LogP contribution in [0.25, 0.3) is 0 Å². The van der Waals surface area contributed by atoms with Crippen molar-refractivity contribution in [1.29, 1.82) is 0 Å². The molecule has 116 valence electrons. The van der Waals surface area contributed by atoms with Crippen LogP contribution in [0.3, 0.4) is 0 Å². The number of ether oxygens (including phenoxy) is 1. The van der Waals surface area contributed by atoms with Gasteiger partial charge in [0.25, 0.3) is 0 Å². The van der Waals surface area contributed by atoms with Crippen LogP contribution in [0.2, 0.25) is 0 Å². The topological polar surface area (TPSA) is 50.4 Å². The molecule has 4 heteroatoms. The average molecular weight is 298 g/mol. The van der Waals surface area contributed by atoms with Crippen LogP contribution in [0.5, 0.6) is 5.75 Å². The van der Waals surface area contributed by atoms with Crippen LogP contribution >= 0.6 is 0 Å². The van der Waals surface area contributed by atoms with E-state index in [9.17, 15) is 4.79 Å². The van der Waals surface area contributed by atoms with Crippen molar-refractivity contribution in [3.05, 3.63) is 59.7 Å². The lowest BCUT2D eigenvalue weighted by Crippen LogP contribution is -2.30. The minimum atomic E-state index is -0.195. The fraction of sp³-hybridized carbons (Fsp3) is 0.278. The number of carbonyl (C=O) groups excluding carboxylic acids is 1. The van der Waals surface area contributed by atoms with Crippen LogP contribution in [0.15, 0.2) is 48.5 Å². The Bertz CT molecular complexity index is 591. The molecule has 2 amide bonds. The van der Waals surface area contributed by atoms with Gasteiger partial charge in [0.15, 0.2) is 0 Å². The quantitative estimate of drug-likeness (QED) is 0.795. The summed E-state index contributed by atoms with van der Waals surface area (Å²) in [5.74, 6) is 0.856. The number of nitrogens with one attached hydrogen (secondary N) is 2. The molecule has 0 aliphatic carbocycles. The lowest BCUT2D eigenvalue weighted by Gasteiger charge is -2.09. The monoisotopic (exact) mass is 298 g/mol. The standard InChI is InChI=1S/C18H22N2O2/c1-14-4-8-16(9-5-14)20-18(21)19-12-3-13-22-17-10-6-15(2)7-11-17/h4-11H,3,12-13H2,1-2H3,(H2,19,20,21). The molecule has 0 atom stereocenters. The molecule has 0 aromatic heterocycles. The predicted molar refractivity (Wildman–Crippen MR) is 89.5 cm³/mol. The SMILES string of the molecule is Cc1ccc(NC(=O)NCCCOc2ccc(C)cc2)cc1. The van der Waals surface area contributed by atoms with Crippen molar-refractivity contribution in [2.45, 2.75) is 20.3 Å². The second kappa shape index (κ2) is 8.08. The fourth-order valence-electron chi connectivity index (χ4n) is 1.91. The molecule has 0 heterocycles. The number of urea groups is 1. The maximum Gasteiger partial charge on any atom is 0.319 e. The Kier molecular flexibility index (Phi) is 5.83. The van der Waals surface area contributed by atoms with E-state index in [0.29, 0.717) is 13.2 Å². The van der Waals surface area contributed by atoms with E-state index in [1.807, 2.05) is 62.4 Å². The largest absolute Gasteiger partial charge is 0.494 e. The van der Waals surface area contributed by atoms with Crippen molar-refractivity contribution in [3.63, 3.8) is 0 Å². The Morgan fingerprint density at radius 1 is 0.955 bits per heavy atom. The first kappa shape index (κ1) is 15.9. The zero-order valence-electron chi connectivity index (χ0n) is 13.1. The van der Waals surface area contributed by atoms with Crippen molar-refractivity contribution in [2.24, 2.45) is 0 Å². The van der Waals surface area contributed by atoms with Crippen molar-refractivity contribution in [1.82, 2.24) is 5.32 Å². The van der Waals surface area contributed by atoms with Gasteiger partial charge in [-0.2, -0.15) is 0 Å². The Hall–Kier alpha value is -2.49. The molecule has 4 nitrogen and oxygen atoms in total. The molecule has 2 aromatic carbocycles. The summed E-state index contributed by atoms with van der Waals surface area (Å²) in [6.07, 6.45) is 0.759. The number of aryl methyl sites for hydroxylation is 2. The highest BCUT2D eigenvalue weighted by Gasteiger charge is 2.00. The molecule has 2 rings (SSSR count). The Morgan fingerprint density at radius 3 is 2.18 bits per heavy atom. The van der Waals surface area contributed by atoms with Gasteiger partial charge < -0.3 is 15.4 Å². The third-order valence-corrected chi connectivity index (χ3v) is 3.21. The third-order valence-electron chi connectivity index (χ3n) is 3.21. The first-order valence-corrected chi connectivity index (χ1v) is 7.44. The number of carbonyl (C=O) groups is 1. The summed E-state index contributed by atoms with van der Waals surface area (Å²) in [5.41, 5.74) is 3.17. The van der Waals surface area contributed by atoms with Gasteiger partial charge in [0.2, 0.25) is 0 Å².